The van der Waals surface area contributed by atoms with Crippen LogP contribution in [0.15, 0.2) is 28.7 Å². The van der Waals surface area contributed by atoms with Crippen molar-refractivity contribution in [3.63, 3.8) is 0 Å². The number of nitrogens with two attached hydrogens (primary N) is 1. The Kier molecular flexibility index (Phi) is 4.99. The molecule has 0 aliphatic heterocycles. The number of hydrogen-bond donors (Lipinski definition) is 2. The van der Waals surface area contributed by atoms with Crippen LogP contribution in [0.5, 0.6) is 0 Å². The number of amides is 1. The van der Waals surface area contributed by atoms with Crippen LogP contribution in [0.3, 0.4) is 0 Å². The van der Waals surface area contributed by atoms with Crippen molar-refractivity contribution in [1.82, 2.24) is 5.32 Å². The summed E-state index contributed by atoms with van der Waals surface area (Å²) in [5.74, 6) is 0.0722. The zero-order chi connectivity index (χ0) is 13.8. The highest BCUT2D eigenvalue weighted by Gasteiger charge is 2.28. The maximum atomic E-state index is 12.3. The Labute approximate surface area is 123 Å². The molecule has 4 heteroatoms. The second kappa shape index (κ2) is 6.53. The van der Waals surface area contributed by atoms with Crippen molar-refractivity contribution in [2.45, 2.75) is 44.7 Å². The number of benzene rings is 1. The van der Waals surface area contributed by atoms with Gasteiger partial charge in [0, 0.05) is 10.5 Å². The molecule has 1 aliphatic rings. The maximum absolute atomic E-state index is 12.3. The van der Waals surface area contributed by atoms with Crippen LogP contribution in [0.4, 0.5) is 0 Å². The fraction of sp³-hybridized carbons (Fsp3) is 0.533. The SMILES string of the molecule is C[C@@H](NC(=O)C1CCCCC1N)c1cccc(Br)c1. The molecule has 0 aromatic heterocycles. The monoisotopic (exact) mass is 324 g/mol. The third-order valence-corrected chi connectivity index (χ3v) is 4.36. The van der Waals surface area contributed by atoms with Gasteiger partial charge < -0.3 is 11.1 Å². The molecule has 2 unspecified atom stereocenters. The topological polar surface area (TPSA) is 55.1 Å². The first-order valence-corrected chi connectivity index (χ1v) is 7.68. The molecule has 19 heavy (non-hydrogen) atoms. The first-order valence-electron chi connectivity index (χ1n) is 6.89. The average Bonchev–Trinajstić information content (AvgIpc) is 2.39. The molecule has 1 amide bonds. The second-order valence-corrected chi connectivity index (χ2v) is 6.26. The minimum Gasteiger partial charge on any atom is -0.349 e. The second-order valence-electron chi connectivity index (χ2n) is 5.34. The lowest BCUT2D eigenvalue weighted by Crippen LogP contribution is -2.44. The van der Waals surface area contributed by atoms with Crippen LogP contribution >= 0.6 is 15.9 Å². The van der Waals surface area contributed by atoms with Crippen molar-refractivity contribution in [2.75, 3.05) is 0 Å². The first kappa shape index (κ1) is 14.5. The zero-order valence-corrected chi connectivity index (χ0v) is 12.8. The summed E-state index contributed by atoms with van der Waals surface area (Å²) in [4.78, 5) is 12.3. The van der Waals surface area contributed by atoms with Crippen LogP contribution < -0.4 is 11.1 Å². The van der Waals surface area contributed by atoms with Gasteiger partial charge in [0.05, 0.1) is 12.0 Å². The molecule has 1 saturated carbocycles. The van der Waals surface area contributed by atoms with Crippen molar-refractivity contribution in [1.29, 1.82) is 0 Å². The smallest absolute Gasteiger partial charge is 0.225 e. The van der Waals surface area contributed by atoms with Crippen LogP contribution in [0, 0.1) is 5.92 Å². The molecule has 0 radical (unpaired) electrons. The summed E-state index contributed by atoms with van der Waals surface area (Å²) in [6.07, 6.45) is 4.13. The van der Waals surface area contributed by atoms with Gasteiger partial charge >= 0.3 is 0 Å². The van der Waals surface area contributed by atoms with Gasteiger partial charge in [0.25, 0.3) is 0 Å². The summed E-state index contributed by atoms with van der Waals surface area (Å²) in [5, 5.41) is 3.08. The highest BCUT2D eigenvalue weighted by Crippen LogP contribution is 2.24. The lowest BCUT2D eigenvalue weighted by molar-refractivity contribution is -0.127. The van der Waals surface area contributed by atoms with E-state index in [-0.39, 0.29) is 23.9 Å². The summed E-state index contributed by atoms with van der Waals surface area (Å²) < 4.78 is 1.03. The number of nitrogens with one attached hydrogen (secondary N) is 1. The maximum Gasteiger partial charge on any atom is 0.225 e. The van der Waals surface area contributed by atoms with Crippen molar-refractivity contribution in [3.05, 3.63) is 34.3 Å². The fourth-order valence-electron chi connectivity index (χ4n) is 2.66. The number of halogens is 1. The predicted molar refractivity (Wildman–Crippen MR) is 80.6 cm³/mol. The van der Waals surface area contributed by atoms with E-state index >= 15 is 0 Å². The standard InChI is InChI=1S/C15H21BrN2O/c1-10(11-5-4-6-12(16)9-11)18-15(19)13-7-2-3-8-14(13)17/h4-6,9-10,13-14H,2-3,7-8,17H2,1H3,(H,18,19)/t10-,13?,14?/m1/s1. The Morgan fingerprint density at radius 3 is 2.84 bits per heavy atom. The predicted octanol–water partition coefficient (Wildman–Crippen LogP) is 3.14. The molecule has 2 rings (SSSR count). The summed E-state index contributed by atoms with van der Waals surface area (Å²) in [7, 11) is 0. The van der Waals surface area contributed by atoms with Gasteiger partial charge in [-0.2, -0.15) is 0 Å². The molecule has 3 N–H and O–H groups in total. The van der Waals surface area contributed by atoms with Gasteiger partial charge in [-0.1, -0.05) is 40.9 Å². The van der Waals surface area contributed by atoms with Crippen LogP contribution in [0.25, 0.3) is 0 Å². The lowest BCUT2D eigenvalue weighted by Gasteiger charge is -2.28. The highest BCUT2D eigenvalue weighted by molar-refractivity contribution is 9.10. The Balaban J connectivity index is 1.98. The van der Waals surface area contributed by atoms with Crippen LogP contribution in [-0.2, 0) is 4.79 Å². The number of carbonyl (C=O) groups excluding carboxylic acids is 1. The van der Waals surface area contributed by atoms with Crippen molar-refractivity contribution in [2.24, 2.45) is 11.7 Å². The number of carbonyl (C=O) groups is 1. The van der Waals surface area contributed by atoms with Crippen molar-refractivity contribution >= 4 is 21.8 Å². The average molecular weight is 325 g/mol. The fourth-order valence-corrected chi connectivity index (χ4v) is 3.08. The molecule has 0 saturated heterocycles. The number of hydrogen-bond acceptors (Lipinski definition) is 2. The van der Waals surface area contributed by atoms with Gasteiger partial charge in [-0.3, -0.25) is 4.79 Å². The van der Waals surface area contributed by atoms with E-state index in [2.05, 4.69) is 21.2 Å². The molecule has 1 aromatic carbocycles. The van der Waals surface area contributed by atoms with Gasteiger partial charge in [-0.05, 0) is 37.5 Å². The Morgan fingerprint density at radius 2 is 2.16 bits per heavy atom. The Hall–Kier alpha value is -0.870. The van der Waals surface area contributed by atoms with E-state index in [0.717, 1.165) is 35.7 Å². The summed E-state index contributed by atoms with van der Waals surface area (Å²) in [6.45, 7) is 2.01. The molecule has 104 valence electrons. The third-order valence-electron chi connectivity index (χ3n) is 3.86. The van der Waals surface area contributed by atoms with E-state index in [1.54, 1.807) is 0 Å². The molecule has 1 fully saturated rings. The minimum atomic E-state index is -0.0247. The van der Waals surface area contributed by atoms with E-state index in [0.29, 0.717) is 0 Å². The van der Waals surface area contributed by atoms with E-state index in [4.69, 9.17) is 5.73 Å². The molecule has 1 aromatic rings. The molecular formula is C15H21BrN2O. The van der Waals surface area contributed by atoms with Crippen molar-refractivity contribution in [3.8, 4) is 0 Å². The van der Waals surface area contributed by atoms with Crippen molar-refractivity contribution < 1.29 is 4.79 Å². The van der Waals surface area contributed by atoms with Crippen LogP contribution in [0.1, 0.15) is 44.2 Å². The van der Waals surface area contributed by atoms with Gasteiger partial charge in [0.15, 0.2) is 0 Å². The van der Waals surface area contributed by atoms with Gasteiger partial charge in [0.1, 0.15) is 0 Å². The number of rotatable bonds is 3. The largest absolute Gasteiger partial charge is 0.349 e. The lowest BCUT2D eigenvalue weighted by atomic mass is 9.84. The normalized spacial score (nSPS) is 24.8. The van der Waals surface area contributed by atoms with Gasteiger partial charge in [-0.25, -0.2) is 0 Å². The quantitative estimate of drug-likeness (QED) is 0.897. The van der Waals surface area contributed by atoms with E-state index in [9.17, 15) is 4.79 Å². The van der Waals surface area contributed by atoms with Crippen LogP contribution in [0.2, 0.25) is 0 Å². The summed E-state index contributed by atoms with van der Waals surface area (Å²) >= 11 is 3.45. The Morgan fingerprint density at radius 1 is 1.42 bits per heavy atom. The highest BCUT2D eigenvalue weighted by atomic mass is 79.9. The summed E-state index contributed by atoms with van der Waals surface area (Å²) in [6, 6.07) is 8.05. The molecule has 0 heterocycles. The summed E-state index contributed by atoms with van der Waals surface area (Å²) in [5.41, 5.74) is 7.15. The molecule has 0 bridgehead atoms. The molecule has 0 spiro atoms. The minimum absolute atomic E-state index is 0.0131. The van der Waals surface area contributed by atoms with Gasteiger partial charge in [-0.15, -0.1) is 0 Å². The van der Waals surface area contributed by atoms with Gasteiger partial charge in [0.2, 0.25) is 5.91 Å². The molecule has 3 nitrogen and oxygen atoms in total. The van der Waals surface area contributed by atoms with E-state index in [1.807, 2.05) is 31.2 Å². The first-order chi connectivity index (χ1) is 9.08. The molecular weight excluding hydrogens is 304 g/mol. The molecule has 3 atom stereocenters. The van der Waals surface area contributed by atoms with Crippen LogP contribution in [-0.4, -0.2) is 11.9 Å². The van der Waals surface area contributed by atoms with E-state index in [1.165, 1.54) is 0 Å². The Bertz CT molecular complexity index is 450. The third kappa shape index (κ3) is 3.80. The zero-order valence-electron chi connectivity index (χ0n) is 11.2. The van der Waals surface area contributed by atoms with E-state index < -0.39 is 0 Å². The molecule has 1 aliphatic carbocycles.